The Balaban J connectivity index is 1.90. The Morgan fingerprint density at radius 3 is 2.70 bits per heavy atom. The van der Waals surface area contributed by atoms with Gasteiger partial charge in [0.05, 0.1) is 11.0 Å². The summed E-state index contributed by atoms with van der Waals surface area (Å²) in [7, 11) is 2.13. The predicted molar refractivity (Wildman–Crippen MR) is 88.0 cm³/mol. The van der Waals surface area contributed by atoms with E-state index in [4.69, 9.17) is 4.98 Å². The average molecular weight is 310 g/mol. The maximum absolute atomic E-state index is 11.6. The number of rotatable bonds is 2. The summed E-state index contributed by atoms with van der Waals surface area (Å²) < 4.78 is 1.92. The summed E-state index contributed by atoms with van der Waals surface area (Å²) in [5.74, 6) is 0.898. The van der Waals surface area contributed by atoms with Crippen LogP contribution >= 0.6 is 0 Å². The Hall–Kier alpha value is -2.54. The van der Waals surface area contributed by atoms with E-state index in [2.05, 4.69) is 27.0 Å². The maximum Gasteiger partial charge on any atom is 0.204 e. The van der Waals surface area contributed by atoms with Crippen LogP contribution in [0.25, 0.3) is 16.7 Å². The molecule has 0 N–H and O–H groups in total. The highest BCUT2D eigenvalue weighted by molar-refractivity contribution is 5.97. The van der Waals surface area contributed by atoms with Gasteiger partial charge in [-0.1, -0.05) is 0 Å². The van der Waals surface area contributed by atoms with E-state index < -0.39 is 0 Å². The fourth-order valence-electron chi connectivity index (χ4n) is 2.99. The molecule has 1 saturated heterocycles. The number of Topliss-reactive ketones (excluding diaryl/α,β-unsaturated/α-hetero) is 1. The first-order valence-corrected chi connectivity index (χ1v) is 7.71. The zero-order valence-corrected chi connectivity index (χ0v) is 13.2. The summed E-state index contributed by atoms with van der Waals surface area (Å²) in [5.41, 5.74) is 3.11. The SMILES string of the molecule is CC(=O)c1ccc2nc(N3CCN(C)CC3)c3nncn3c2c1. The van der Waals surface area contributed by atoms with Crippen LogP contribution in [-0.4, -0.2) is 63.5 Å². The van der Waals surface area contributed by atoms with E-state index in [1.807, 2.05) is 22.6 Å². The summed E-state index contributed by atoms with van der Waals surface area (Å²) in [5, 5.41) is 8.30. The highest BCUT2D eigenvalue weighted by atomic mass is 16.1. The zero-order chi connectivity index (χ0) is 16.0. The number of piperazine rings is 1. The smallest absolute Gasteiger partial charge is 0.204 e. The van der Waals surface area contributed by atoms with Crippen molar-refractivity contribution in [3.05, 3.63) is 30.1 Å². The molecule has 23 heavy (non-hydrogen) atoms. The van der Waals surface area contributed by atoms with Gasteiger partial charge < -0.3 is 9.80 Å². The number of aromatic nitrogens is 4. The first-order chi connectivity index (χ1) is 11.1. The van der Waals surface area contributed by atoms with E-state index in [-0.39, 0.29) is 5.78 Å². The summed E-state index contributed by atoms with van der Waals surface area (Å²) in [6, 6.07) is 5.57. The zero-order valence-electron chi connectivity index (χ0n) is 13.2. The van der Waals surface area contributed by atoms with Gasteiger partial charge in [-0.05, 0) is 32.2 Å². The lowest BCUT2D eigenvalue weighted by atomic mass is 10.1. The fourth-order valence-corrected chi connectivity index (χ4v) is 2.99. The van der Waals surface area contributed by atoms with E-state index in [9.17, 15) is 4.79 Å². The third-order valence-electron chi connectivity index (χ3n) is 4.42. The molecule has 1 aliphatic heterocycles. The van der Waals surface area contributed by atoms with Crippen molar-refractivity contribution in [2.45, 2.75) is 6.92 Å². The second kappa shape index (κ2) is 5.27. The molecule has 0 atom stereocenters. The Morgan fingerprint density at radius 2 is 1.96 bits per heavy atom. The van der Waals surface area contributed by atoms with Crippen LogP contribution in [0.2, 0.25) is 0 Å². The molecule has 0 spiro atoms. The number of anilines is 1. The first-order valence-electron chi connectivity index (χ1n) is 7.71. The molecule has 1 aromatic carbocycles. The molecule has 4 rings (SSSR count). The molecule has 0 aliphatic carbocycles. The van der Waals surface area contributed by atoms with Gasteiger partial charge in [-0.15, -0.1) is 10.2 Å². The molecule has 2 aromatic heterocycles. The Kier molecular flexibility index (Phi) is 3.23. The van der Waals surface area contributed by atoms with Gasteiger partial charge in [0.15, 0.2) is 11.6 Å². The number of carbonyl (C=O) groups excluding carboxylic acids is 1. The standard InChI is InChI=1S/C16H18N6O/c1-11(23)12-3-4-13-14(9-12)22-10-17-19-16(22)15(18-13)21-7-5-20(2)6-8-21/h3-4,9-10H,5-8H2,1-2H3. The van der Waals surface area contributed by atoms with Crippen LogP contribution in [0.1, 0.15) is 17.3 Å². The van der Waals surface area contributed by atoms with Crippen molar-refractivity contribution in [2.75, 3.05) is 38.1 Å². The van der Waals surface area contributed by atoms with Crippen molar-refractivity contribution in [2.24, 2.45) is 0 Å². The van der Waals surface area contributed by atoms with E-state index in [1.54, 1.807) is 13.3 Å². The molecule has 118 valence electrons. The van der Waals surface area contributed by atoms with E-state index in [0.717, 1.165) is 48.7 Å². The molecule has 0 saturated carbocycles. The number of benzene rings is 1. The minimum atomic E-state index is 0.0382. The lowest BCUT2D eigenvalue weighted by molar-refractivity contribution is 0.101. The van der Waals surface area contributed by atoms with Gasteiger partial charge in [-0.2, -0.15) is 0 Å². The van der Waals surface area contributed by atoms with E-state index >= 15 is 0 Å². The quantitative estimate of drug-likeness (QED) is 0.663. The number of hydrogen-bond donors (Lipinski definition) is 0. The molecule has 0 amide bonds. The van der Waals surface area contributed by atoms with Crippen LogP contribution in [-0.2, 0) is 0 Å². The van der Waals surface area contributed by atoms with Crippen LogP contribution in [0, 0.1) is 0 Å². The highest BCUT2D eigenvalue weighted by Gasteiger charge is 2.20. The number of hydrogen-bond acceptors (Lipinski definition) is 6. The van der Waals surface area contributed by atoms with Gasteiger partial charge in [0, 0.05) is 31.7 Å². The molecule has 1 aliphatic rings. The summed E-state index contributed by atoms with van der Waals surface area (Å²) >= 11 is 0. The molecule has 1 fully saturated rings. The first kappa shape index (κ1) is 14.1. The summed E-state index contributed by atoms with van der Waals surface area (Å²) in [4.78, 5) is 21.0. The predicted octanol–water partition coefficient (Wildman–Crippen LogP) is 1.23. The normalized spacial score (nSPS) is 16.3. The highest BCUT2D eigenvalue weighted by Crippen LogP contribution is 2.24. The molecule has 0 unspecified atom stereocenters. The summed E-state index contributed by atoms with van der Waals surface area (Å²) in [6.07, 6.45) is 1.68. The lowest BCUT2D eigenvalue weighted by Gasteiger charge is -2.33. The van der Waals surface area contributed by atoms with Crippen LogP contribution in [0.15, 0.2) is 24.5 Å². The number of ketones is 1. The number of likely N-dealkylation sites (N-methyl/N-ethyl adjacent to an activating group) is 1. The van der Waals surface area contributed by atoms with Gasteiger partial charge in [-0.25, -0.2) is 4.98 Å². The number of nitrogens with zero attached hydrogens (tertiary/aromatic N) is 6. The van der Waals surface area contributed by atoms with Gasteiger partial charge in [-0.3, -0.25) is 9.20 Å². The van der Waals surface area contributed by atoms with Crippen LogP contribution in [0.3, 0.4) is 0 Å². The molecule has 0 bridgehead atoms. The minimum absolute atomic E-state index is 0.0382. The number of carbonyl (C=O) groups is 1. The van der Waals surface area contributed by atoms with Crippen molar-refractivity contribution in [1.29, 1.82) is 0 Å². The van der Waals surface area contributed by atoms with Gasteiger partial charge in [0.2, 0.25) is 5.65 Å². The largest absolute Gasteiger partial charge is 0.351 e. The Bertz CT molecular complexity index is 894. The van der Waals surface area contributed by atoms with Crippen molar-refractivity contribution in [3.63, 3.8) is 0 Å². The van der Waals surface area contributed by atoms with Crippen molar-refractivity contribution < 1.29 is 4.79 Å². The second-order valence-corrected chi connectivity index (χ2v) is 6.01. The van der Waals surface area contributed by atoms with E-state index in [0.29, 0.717) is 5.56 Å². The molecule has 7 nitrogen and oxygen atoms in total. The van der Waals surface area contributed by atoms with E-state index in [1.165, 1.54) is 0 Å². The molecule has 3 heterocycles. The minimum Gasteiger partial charge on any atom is -0.351 e. The molecule has 3 aromatic rings. The third kappa shape index (κ3) is 2.33. The van der Waals surface area contributed by atoms with Crippen LogP contribution in [0.4, 0.5) is 5.82 Å². The third-order valence-corrected chi connectivity index (χ3v) is 4.42. The molecule has 7 heteroatoms. The number of fused-ring (bicyclic) bond motifs is 3. The van der Waals surface area contributed by atoms with Gasteiger partial charge >= 0.3 is 0 Å². The van der Waals surface area contributed by atoms with Crippen molar-refractivity contribution in [3.8, 4) is 0 Å². The van der Waals surface area contributed by atoms with Gasteiger partial charge in [0.25, 0.3) is 0 Å². The van der Waals surface area contributed by atoms with Gasteiger partial charge in [0.1, 0.15) is 6.33 Å². The molecule has 0 radical (unpaired) electrons. The second-order valence-electron chi connectivity index (χ2n) is 6.01. The monoisotopic (exact) mass is 310 g/mol. The summed E-state index contributed by atoms with van der Waals surface area (Å²) in [6.45, 7) is 5.41. The van der Waals surface area contributed by atoms with Crippen molar-refractivity contribution >= 4 is 28.3 Å². The van der Waals surface area contributed by atoms with Crippen LogP contribution < -0.4 is 4.90 Å². The Labute approximate surface area is 133 Å². The maximum atomic E-state index is 11.6. The lowest BCUT2D eigenvalue weighted by Crippen LogP contribution is -2.45. The molecular formula is C16H18N6O. The fraction of sp³-hybridized carbons (Fsp3) is 0.375. The van der Waals surface area contributed by atoms with Crippen LogP contribution in [0.5, 0.6) is 0 Å². The average Bonchev–Trinajstić information content (AvgIpc) is 3.04. The molecular weight excluding hydrogens is 292 g/mol. The Morgan fingerprint density at radius 1 is 1.17 bits per heavy atom. The topological polar surface area (TPSA) is 66.6 Å². The van der Waals surface area contributed by atoms with Crippen molar-refractivity contribution in [1.82, 2.24) is 24.5 Å².